The van der Waals surface area contributed by atoms with Crippen LogP contribution in [-0.4, -0.2) is 24.1 Å². The summed E-state index contributed by atoms with van der Waals surface area (Å²) in [6, 6.07) is 4.86. The summed E-state index contributed by atoms with van der Waals surface area (Å²) in [6.07, 6.45) is 0.394. The van der Waals surface area contributed by atoms with Gasteiger partial charge in [-0.05, 0) is 24.6 Å². The third kappa shape index (κ3) is 2.56. The standard InChI is InChI=1S/C12H12ClNO4/c1-18-10-3-2-6(4-9(10)13)14-11(15)7-5-8(7)12(16)17/h2-4,7-8H,5H2,1H3,(H,14,15)(H,16,17). The van der Waals surface area contributed by atoms with E-state index >= 15 is 0 Å². The minimum atomic E-state index is -0.928. The van der Waals surface area contributed by atoms with E-state index in [4.69, 9.17) is 21.4 Å². The molecular formula is C12H12ClNO4. The van der Waals surface area contributed by atoms with Crippen molar-refractivity contribution in [3.63, 3.8) is 0 Å². The van der Waals surface area contributed by atoms with Crippen molar-refractivity contribution < 1.29 is 19.4 Å². The third-order valence-corrected chi connectivity index (χ3v) is 3.16. The van der Waals surface area contributed by atoms with E-state index in [-0.39, 0.29) is 5.91 Å². The van der Waals surface area contributed by atoms with Crippen LogP contribution in [-0.2, 0) is 9.59 Å². The van der Waals surface area contributed by atoms with E-state index in [1.165, 1.54) is 7.11 Å². The van der Waals surface area contributed by atoms with Crippen molar-refractivity contribution in [3.8, 4) is 5.75 Å². The van der Waals surface area contributed by atoms with Crippen molar-refractivity contribution in [2.24, 2.45) is 11.8 Å². The maximum atomic E-state index is 11.7. The Morgan fingerprint density at radius 3 is 2.67 bits per heavy atom. The topological polar surface area (TPSA) is 75.6 Å². The molecule has 0 aliphatic heterocycles. The largest absolute Gasteiger partial charge is 0.495 e. The SMILES string of the molecule is COc1ccc(NC(=O)C2CC2C(=O)O)cc1Cl. The Kier molecular flexibility index (Phi) is 3.43. The zero-order chi connectivity index (χ0) is 13.3. The van der Waals surface area contributed by atoms with Crippen LogP contribution in [0, 0.1) is 11.8 Å². The van der Waals surface area contributed by atoms with Crippen molar-refractivity contribution >= 4 is 29.2 Å². The summed E-state index contributed by atoms with van der Waals surface area (Å²) in [7, 11) is 1.50. The van der Waals surface area contributed by atoms with Gasteiger partial charge in [0.15, 0.2) is 0 Å². The summed E-state index contributed by atoms with van der Waals surface area (Å²) < 4.78 is 4.99. The van der Waals surface area contributed by atoms with Crippen LogP contribution in [0.25, 0.3) is 0 Å². The van der Waals surface area contributed by atoms with E-state index in [1.54, 1.807) is 18.2 Å². The Morgan fingerprint density at radius 2 is 2.17 bits per heavy atom. The van der Waals surface area contributed by atoms with Gasteiger partial charge in [-0.1, -0.05) is 11.6 Å². The van der Waals surface area contributed by atoms with E-state index in [0.29, 0.717) is 22.9 Å². The second-order valence-corrected chi connectivity index (χ2v) is 4.53. The van der Waals surface area contributed by atoms with Crippen molar-refractivity contribution in [2.45, 2.75) is 6.42 Å². The van der Waals surface area contributed by atoms with Crippen LogP contribution in [0.15, 0.2) is 18.2 Å². The average molecular weight is 270 g/mol. The Labute approximate surface area is 109 Å². The van der Waals surface area contributed by atoms with E-state index < -0.39 is 17.8 Å². The van der Waals surface area contributed by atoms with Gasteiger partial charge in [-0.25, -0.2) is 0 Å². The minimum absolute atomic E-state index is 0.288. The number of hydrogen-bond acceptors (Lipinski definition) is 3. The average Bonchev–Trinajstić information content (AvgIpc) is 3.09. The number of aliphatic carboxylic acids is 1. The number of carbonyl (C=O) groups is 2. The highest BCUT2D eigenvalue weighted by Gasteiger charge is 2.48. The fraction of sp³-hybridized carbons (Fsp3) is 0.333. The number of methoxy groups -OCH3 is 1. The molecule has 1 aliphatic carbocycles. The molecule has 1 aliphatic rings. The van der Waals surface area contributed by atoms with Gasteiger partial charge in [-0.3, -0.25) is 9.59 Å². The number of amides is 1. The van der Waals surface area contributed by atoms with Crippen LogP contribution in [0.1, 0.15) is 6.42 Å². The summed E-state index contributed by atoms with van der Waals surface area (Å²) in [5, 5.41) is 11.8. The number of carboxylic acid groups (broad SMARTS) is 1. The van der Waals surface area contributed by atoms with Gasteiger partial charge in [0.1, 0.15) is 5.75 Å². The summed E-state index contributed by atoms with van der Waals surface area (Å²) in [4.78, 5) is 22.4. The fourth-order valence-corrected chi connectivity index (χ4v) is 1.99. The zero-order valence-electron chi connectivity index (χ0n) is 9.64. The van der Waals surface area contributed by atoms with E-state index in [0.717, 1.165) is 0 Å². The van der Waals surface area contributed by atoms with Crippen LogP contribution in [0.4, 0.5) is 5.69 Å². The van der Waals surface area contributed by atoms with Crippen LogP contribution in [0.2, 0.25) is 5.02 Å². The maximum absolute atomic E-state index is 11.7. The van der Waals surface area contributed by atoms with Crippen LogP contribution in [0.3, 0.4) is 0 Å². The summed E-state index contributed by atoms with van der Waals surface area (Å²) in [5.74, 6) is -1.70. The smallest absolute Gasteiger partial charge is 0.307 e. The number of nitrogens with one attached hydrogen (secondary N) is 1. The lowest BCUT2D eigenvalue weighted by Gasteiger charge is -2.07. The molecule has 0 bridgehead atoms. The molecule has 0 radical (unpaired) electrons. The third-order valence-electron chi connectivity index (χ3n) is 2.86. The van der Waals surface area contributed by atoms with Crippen LogP contribution >= 0.6 is 11.6 Å². The van der Waals surface area contributed by atoms with Crippen molar-refractivity contribution in [1.29, 1.82) is 0 Å². The summed E-state index contributed by atoms with van der Waals surface area (Å²) in [6.45, 7) is 0. The molecule has 6 heteroatoms. The Balaban J connectivity index is 2.00. The zero-order valence-corrected chi connectivity index (χ0v) is 10.4. The lowest BCUT2D eigenvalue weighted by molar-refractivity contribution is -0.139. The predicted molar refractivity (Wildman–Crippen MR) is 65.9 cm³/mol. The van der Waals surface area contributed by atoms with E-state index in [1.807, 2.05) is 0 Å². The number of hydrogen-bond donors (Lipinski definition) is 2. The van der Waals surface area contributed by atoms with Gasteiger partial charge < -0.3 is 15.2 Å². The first-order chi connectivity index (χ1) is 8.52. The molecule has 0 aromatic heterocycles. The molecule has 2 N–H and O–H groups in total. The first-order valence-electron chi connectivity index (χ1n) is 5.40. The molecule has 2 rings (SSSR count). The number of ether oxygens (including phenoxy) is 1. The lowest BCUT2D eigenvalue weighted by Crippen LogP contribution is -2.16. The van der Waals surface area contributed by atoms with Gasteiger partial charge in [0.05, 0.1) is 24.0 Å². The molecule has 1 amide bonds. The van der Waals surface area contributed by atoms with Crippen LogP contribution in [0.5, 0.6) is 5.75 Å². The lowest BCUT2D eigenvalue weighted by atomic mass is 10.2. The van der Waals surface area contributed by atoms with Gasteiger partial charge in [-0.15, -0.1) is 0 Å². The molecule has 96 valence electrons. The van der Waals surface area contributed by atoms with Crippen molar-refractivity contribution in [1.82, 2.24) is 0 Å². The Morgan fingerprint density at radius 1 is 1.44 bits per heavy atom. The number of benzene rings is 1. The normalized spacial score (nSPS) is 21.2. The molecule has 1 aromatic rings. The maximum Gasteiger partial charge on any atom is 0.307 e. The molecule has 1 saturated carbocycles. The highest BCUT2D eigenvalue weighted by Crippen LogP contribution is 2.39. The first-order valence-corrected chi connectivity index (χ1v) is 5.78. The highest BCUT2D eigenvalue weighted by atomic mass is 35.5. The minimum Gasteiger partial charge on any atom is -0.495 e. The van der Waals surface area contributed by atoms with Gasteiger partial charge >= 0.3 is 5.97 Å². The molecule has 1 fully saturated rings. The molecule has 5 nitrogen and oxygen atoms in total. The Bertz CT molecular complexity index is 503. The number of carbonyl (C=O) groups excluding carboxylic acids is 1. The Hall–Kier alpha value is -1.75. The second kappa shape index (κ2) is 4.86. The number of halogens is 1. The first kappa shape index (κ1) is 12.7. The molecule has 0 heterocycles. The summed E-state index contributed by atoms with van der Waals surface area (Å²) in [5.41, 5.74) is 0.529. The number of rotatable bonds is 4. The van der Waals surface area contributed by atoms with Gasteiger partial charge in [0, 0.05) is 5.69 Å². The quantitative estimate of drug-likeness (QED) is 0.877. The monoisotopic (exact) mass is 269 g/mol. The molecule has 0 spiro atoms. The van der Waals surface area contributed by atoms with Gasteiger partial charge in [0.2, 0.25) is 5.91 Å². The molecular weight excluding hydrogens is 258 g/mol. The molecule has 2 atom stereocenters. The van der Waals surface area contributed by atoms with Crippen molar-refractivity contribution in [3.05, 3.63) is 23.2 Å². The number of carboxylic acids is 1. The molecule has 1 aromatic carbocycles. The fourth-order valence-electron chi connectivity index (χ4n) is 1.74. The van der Waals surface area contributed by atoms with Gasteiger partial charge in [-0.2, -0.15) is 0 Å². The molecule has 0 saturated heterocycles. The summed E-state index contributed by atoms with van der Waals surface area (Å²) >= 11 is 5.92. The highest BCUT2D eigenvalue weighted by molar-refractivity contribution is 6.32. The predicted octanol–water partition coefficient (Wildman–Crippen LogP) is 2.01. The van der Waals surface area contributed by atoms with E-state index in [9.17, 15) is 9.59 Å². The second-order valence-electron chi connectivity index (χ2n) is 4.13. The van der Waals surface area contributed by atoms with Crippen molar-refractivity contribution in [2.75, 3.05) is 12.4 Å². The van der Waals surface area contributed by atoms with E-state index in [2.05, 4.69) is 5.32 Å². The van der Waals surface area contributed by atoms with Gasteiger partial charge in [0.25, 0.3) is 0 Å². The number of anilines is 1. The van der Waals surface area contributed by atoms with Crippen LogP contribution < -0.4 is 10.1 Å². The molecule has 18 heavy (non-hydrogen) atoms. The molecule has 2 unspecified atom stereocenters.